The second kappa shape index (κ2) is 13.6. The first kappa shape index (κ1) is 30.1. The minimum absolute atomic E-state index is 0.0847. The quantitative estimate of drug-likeness (QED) is 0.374. The van der Waals surface area contributed by atoms with Crippen molar-refractivity contribution in [3.63, 3.8) is 0 Å². The van der Waals surface area contributed by atoms with Gasteiger partial charge in [-0.15, -0.1) is 11.8 Å². The van der Waals surface area contributed by atoms with Crippen LogP contribution in [0.3, 0.4) is 0 Å². The second-order valence-corrected chi connectivity index (χ2v) is 11.0. The normalized spacial score (nSPS) is 16.1. The number of methoxy groups -OCH3 is 1. The highest BCUT2D eigenvalue weighted by molar-refractivity contribution is 7.98. The van der Waals surface area contributed by atoms with Gasteiger partial charge in [-0.3, -0.25) is 4.98 Å². The maximum atomic E-state index is 12.9. The van der Waals surface area contributed by atoms with Crippen molar-refractivity contribution >= 4 is 23.8 Å². The van der Waals surface area contributed by atoms with Crippen LogP contribution in [0.1, 0.15) is 52.8 Å². The molecule has 1 aliphatic rings. The third-order valence-electron chi connectivity index (χ3n) is 6.14. The molecule has 1 aliphatic heterocycles. The first-order chi connectivity index (χ1) is 18.6. The van der Waals surface area contributed by atoms with Crippen LogP contribution in [0.25, 0.3) is 0 Å². The molecule has 0 saturated carbocycles. The molecule has 1 amide bonds. The van der Waals surface area contributed by atoms with Crippen molar-refractivity contribution in [2.75, 3.05) is 33.5 Å². The van der Waals surface area contributed by atoms with Gasteiger partial charge < -0.3 is 29.3 Å². The zero-order chi connectivity index (χ0) is 28.6. The van der Waals surface area contributed by atoms with Gasteiger partial charge in [-0.2, -0.15) is 0 Å². The van der Waals surface area contributed by atoms with E-state index in [2.05, 4.69) is 23.3 Å². The summed E-state index contributed by atoms with van der Waals surface area (Å²) in [6.45, 7) is 10.7. The average molecular weight is 556 g/mol. The molecular formula is C29H41N5O4S. The number of rotatable bonds is 10. The number of ether oxygens (including phenoxy) is 3. The number of aliphatic imine (C=N–C) groups is 1. The van der Waals surface area contributed by atoms with Crippen molar-refractivity contribution in [2.24, 2.45) is 4.99 Å². The van der Waals surface area contributed by atoms with Crippen molar-refractivity contribution in [3.8, 4) is 11.5 Å². The van der Waals surface area contributed by atoms with E-state index in [4.69, 9.17) is 19.2 Å². The van der Waals surface area contributed by atoms with Crippen LogP contribution < -0.4 is 14.8 Å². The highest BCUT2D eigenvalue weighted by Crippen LogP contribution is 2.29. The van der Waals surface area contributed by atoms with Crippen molar-refractivity contribution < 1.29 is 19.0 Å². The van der Waals surface area contributed by atoms with Crippen LogP contribution >= 0.6 is 11.8 Å². The maximum Gasteiger partial charge on any atom is 0.410 e. The number of amides is 1. The van der Waals surface area contributed by atoms with Gasteiger partial charge in [0.25, 0.3) is 0 Å². The average Bonchev–Trinajstić information content (AvgIpc) is 2.91. The number of likely N-dealkylation sites (N-methyl/N-ethyl adjacent to an activating group) is 1. The lowest BCUT2D eigenvalue weighted by Gasteiger charge is -2.34. The molecule has 0 saturated heterocycles. The number of pyridine rings is 1. The first-order valence-electron chi connectivity index (χ1n) is 13.1. The Kier molecular flexibility index (Phi) is 10.5. The molecule has 3 rings (SSSR count). The topological polar surface area (TPSA) is 88.5 Å². The number of carbonyl (C=O) groups is 1. The first-order valence-corrected chi connectivity index (χ1v) is 14.4. The van der Waals surface area contributed by atoms with E-state index < -0.39 is 5.60 Å². The largest absolute Gasteiger partial charge is 0.497 e. The lowest BCUT2D eigenvalue weighted by atomic mass is 10.1. The molecule has 0 aliphatic carbocycles. The van der Waals surface area contributed by atoms with Crippen LogP contribution in [0, 0.1) is 0 Å². The molecule has 0 fully saturated rings. The highest BCUT2D eigenvalue weighted by Gasteiger charge is 2.29. The Labute approximate surface area is 236 Å². The summed E-state index contributed by atoms with van der Waals surface area (Å²) >= 11 is 1.64. The maximum absolute atomic E-state index is 12.9. The fraction of sp³-hybridized carbons (Fsp3) is 0.483. The lowest BCUT2D eigenvalue weighted by molar-refractivity contribution is 0.0171. The number of benzene rings is 1. The third kappa shape index (κ3) is 8.29. The Balaban J connectivity index is 1.87. The molecule has 1 N–H and O–H groups in total. The van der Waals surface area contributed by atoms with E-state index in [0.29, 0.717) is 24.7 Å². The van der Waals surface area contributed by atoms with Crippen molar-refractivity contribution in [3.05, 3.63) is 60.2 Å². The number of thioether (sulfide) groups is 1. The number of hydrogen-bond donors (Lipinski definition) is 1. The van der Waals surface area contributed by atoms with Gasteiger partial charge in [-0.25, -0.2) is 9.79 Å². The Morgan fingerprint density at radius 3 is 2.46 bits per heavy atom. The zero-order valence-electron chi connectivity index (χ0n) is 24.2. The number of nitrogens with zero attached hydrogens (tertiary/aromatic N) is 4. The Morgan fingerprint density at radius 2 is 1.87 bits per heavy atom. The van der Waals surface area contributed by atoms with E-state index in [9.17, 15) is 4.79 Å². The van der Waals surface area contributed by atoms with E-state index in [1.54, 1.807) is 23.8 Å². The fourth-order valence-corrected chi connectivity index (χ4v) is 4.54. The minimum Gasteiger partial charge on any atom is -0.497 e. The molecule has 0 bridgehead atoms. The van der Waals surface area contributed by atoms with Crippen LogP contribution in [-0.2, 0) is 4.74 Å². The molecular weight excluding hydrogens is 514 g/mol. The standard InChI is InChI=1S/C29H41N5O4S/c1-9-21(34(10-2)28(35)38-29(3,4)5)17-31-25-19-33(6)26(20-15-24(39-8)18-30-16-20)32-27(25)37-23-13-11-22(36-7)12-14-23/h11-16,18-19,21,26,31H,9-10,17H2,1-8H3/t21-,26?/m0/s1. The van der Waals surface area contributed by atoms with Gasteiger partial charge in [-0.1, -0.05) is 6.92 Å². The summed E-state index contributed by atoms with van der Waals surface area (Å²) in [5.41, 5.74) is 1.12. The van der Waals surface area contributed by atoms with E-state index >= 15 is 0 Å². The number of aromatic nitrogens is 1. The number of carbonyl (C=O) groups excluding carboxylic acids is 1. The van der Waals surface area contributed by atoms with Gasteiger partial charge in [0, 0.05) is 49.2 Å². The molecule has 2 heterocycles. The summed E-state index contributed by atoms with van der Waals surface area (Å²) in [5, 5.41) is 3.49. The third-order valence-corrected chi connectivity index (χ3v) is 6.83. The summed E-state index contributed by atoms with van der Waals surface area (Å²) in [6.07, 6.45) is 7.80. The molecule has 9 nitrogen and oxygen atoms in total. The van der Waals surface area contributed by atoms with Crippen LogP contribution in [0.4, 0.5) is 4.79 Å². The summed E-state index contributed by atoms with van der Waals surface area (Å²) in [4.78, 5) is 27.1. The lowest BCUT2D eigenvalue weighted by Crippen LogP contribution is -2.48. The highest BCUT2D eigenvalue weighted by atomic mass is 32.2. The van der Waals surface area contributed by atoms with Crippen molar-refractivity contribution in [1.82, 2.24) is 20.1 Å². The van der Waals surface area contributed by atoms with E-state index in [1.807, 2.05) is 88.8 Å². The summed E-state index contributed by atoms with van der Waals surface area (Å²) in [7, 11) is 3.60. The van der Waals surface area contributed by atoms with E-state index in [0.717, 1.165) is 28.3 Å². The van der Waals surface area contributed by atoms with Gasteiger partial charge in [0.1, 0.15) is 22.8 Å². The van der Waals surface area contributed by atoms with Crippen LogP contribution in [0.2, 0.25) is 0 Å². The summed E-state index contributed by atoms with van der Waals surface area (Å²) < 4.78 is 17.2. The smallest absolute Gasteiger partial charge is 0.410 e. The molecule has 212 valence electrons. The van der Waals surface area contributed by atoms with Gasteiger partial charge >= 0.3 is 6.09 Å². The molecule has 39 heavy (non-hydrogen) atoms. The Hall–Kier alpha value is -3.40. The van der Waals surface area contributed by atoms with Gasteiger partial charge in [-0.05, 0) is 70.7 Å². The Bertz CT molecular complexity index is 1160. The van der Waals surface area contributed by atoms with E-state index in [1.165, 1.54) is 0 Å². The Morgan fingerprint density at radius 1 is 1.18 bits per heavy atom. The molecule has 2 aromatic rings. The monoisotopic (exact) mass is 555 g/mol. The van der Waals surface area contributed by atoms with Crippen molar-refractivity contribution in [1.29, 1.82) is 0 Å². The molecule has 0 spiro atoms. The van der Waals surface area contributed by atoms with Crippen molar-refractivity contribution in [2.45, 2.75) is 63.7 Å². The van der Waals surface area contributed by atoms with Crippen LogP contribution in [0.15, 0.2) is 64.5 Å². The van der Waals surface area contributed by atoms with Crippen LogP contribution in [-0.4, -0.2) is 71.9 Å². The van der Waals surface area contributed by atoms with Gasteiger partial charge in [0.15, 0.2) is 6.17 Å². The van der Waals surface area contributed by atoms with E-state index in [-0.39, 0.29) is 18.3 Å². The van der Waals surface area contributed by atoms with Crippen LogP contribution in [0.5, 0.6) is 11.5 Å². The second-order valence-electron chi connectivity index (χ2n) is 10.2. The SMILES string of the molecule is CC[C@@H](CNC1=CN(C)C(c2cncc(SC)c2)N=C1Oc1ccc(OC)cc1)N(CC)C(=O)OC(C)(C)C. The molecule has 2 atom stereocenters. The molecule has 1 unspecified atom stereocenters. The summed E-state index contributed by atoms with van der Waals surface area (Å²) in [5.74, 6) is 1.83. The van der Waals surface area contributed by atoms with Gasteiger partial charge in [0.2, 0.25) is 5.90 Å². The minimum atomic E-state index is -0.561. The molecule has 1 aromatic carbocycles. The predicted molar refractivity (Wildman–Crippen MR) is 156 cm³/mol. The number of nitrogens with one attached hydrogen (secondary N) is 1. The fourth-order valence-electron chi connectivity index (χ4n) is 4.12. The summed E-state index contributed by atoms with van der Waals surface area (Å²) in [6, 6.07) is 9.39. The van der Waals surface area contributed by atoms with Gasteiger partial charge in [0.05, 0.1) is 13.2 Å². The predicted octanol–water partition coefficient (Wildman–Crippen LogP) is 5.70. The number of hydrogen-bond acceptors (Lipinski definition) is 9. The molecule has 0 radical (unpaired) electrons. The molecule has 10 heteroatoms. The molecule has 1 aromatic heterocycles. The zero-order valence-corrected chi connectivity index (χ0v) is 25.0.